The summed E-state index contributed by atoms with van der Waals surface area (Å²) in [6.07, 6.45) is 6.09. The van der Waals surface area contributed by atoms with Gasteiger partial charge < -0.3 is 4.57 Å². The van der Waals surface area contributed by atoms with Crippen LogP contribution in [0, 0.1) is 22.7 Å². The van der Waals surface area contributed by atoms with Gasteiger partial charge in [-0.1, -0.05) is 134 Å². The first kappa shape index (κ1) is 36.3. The van der Waals surface area contributed by atoms with Gasteiger partial charge in [0, 0.05) is 28.6 Å². The second kappa shape index (κ2) is 15.3. The number of fused-ring (bicyclic) bond motifs is 2. The molecule has 2 heterocycles. The summed E-state index contributed by atoms with van der Waals surface area (Å²) >= 11 is 0. The summed E-state index contributed by atoms with van der Waals surface area (Å²) in [6, 6.07) is 56.7. The summed E-state index contributed by atoms with van der Waals surface area (Å²) in [5, 5.41) is 20.1. The Morgan fingerprint density at radius 2 is 1.17 bits per heavy atom. The molecule has 6 heteroatoms. The normalized spacial score (nSPS) is 12.1. The quantitative estimate of drug-likeness (QED) is 0.108. The first-order chi connectivity index (χ1) is 29.0. The zero-order valence-electron chi connectivity index (χ0n) is 31.8. The van der Waals surface area contributed by atoms with Gasteiger partial charge in [-0.15, -0.1) is 0 Å². The molecule has 0 fully saturated rings. The van der Waals surface area contributed by atoms with E-state index in [1.165, 1.54) is 4.90 Å². The number of anilines is 1. The van der Waals surface area contributed by atoms with E-state index in [2.05, 4.69) is 35.4 Å². The molecule has 59 heavy (non-hydrogen) atoms. The summed E-state index contributed by atoms with van der Waals surface area (Å²) < 4.78 is 2.12. The van der Waals surface area contributed by atoms with Crippen LogP contribution in [0.1, 0.15) is 48.7 Å². The number of benzene rings is 7. The topological polar surface area (TPSA) is 89.9 Å². The molecule has 6 nitrogen and oxygen atoms in total. The monoisotopic (exact) mass is 758 g/mol. The number of aromatic nitrogens is 1. The lowest BCUT2D eigenvalue weighted by molar-refractivity contribution is 0.0926. The average Bonchev–Trinajstić information content (AvgIpc) is 3.75. The van der Waals surface area contributed by atoms with Crippen molar-refractivity contribution in [3.8, 4) is 51.2 Å². The van der Waals surface area contributed by atoms with Crippen LogP contribution < -0.4 is 4.90 Å². The molecule has 0 unspecified atom stereocenters. The number of hydrogen-bond donors (Lipinski definition) is 0. The molecule has 9 rings (SSSR count). The number of carbonyl (C=O) groups excluding carboxylic acids is 2. The molecular formula is C53H34N4O2. The summed E-state index contributed by atoms with van der Waals surface area (Å²) in [7, 11) is 0. The van der Waals surface area contributed by atoms with Crippen LogP contribution in [-0.2, 0) is 6.42 Å². The van der Waals surface area contributed by atoms with Crippen molar-refractivity contribution in [1.82, 2.24) is 4.57 Å². The molecule has 1 aromatic heterocycles. The highest BCUT2D eigenvalue weighted by Crippen LogP contribution is 2.42. The van der Waals surface area contributed by atoms with Gasteiger partial charge in [-0.2, -0.15) is 10.5 Å². The van der Waals surface area contributed by atoms with Crippen molar-refractivity contribution < 1.29 is 9.59 Å². The van der Waals surface area contributed by atoms with Crippen molar-refractivity contribution >= 4 is 34.5 Å². The molecule has 0 aliphatic carbocycles. The lowest BCUT2D eigenvalue weighted by Crippen LogP contribution is -2.29. The highest BCUT2D eigenvalue weighted by molar-refractivity contribution is 6.36. The van der Waals surface area contributed by atoms with Gasteiger partial charge in [0.15, 0.2) is 0 Å². The van der Waals surface area contributed by atoms with E-state index in [-0.39, 0.29) is 0 Å². The number of imide groups is 1. The van der Waals surface area contributed by atoms with Gasteiger partial charge in [0.25, 0.3) is 11.8 Å². The Morgan fingerprint density at radius 1 is 0.576 bits per heavy atom. The first-order valence-electron chi connectivity index (χ1n) is 19.2. The number of nitrogens with zero attached hydrogens (tertiary/aromatic N) is 4. The average molecular weight is 759 g/mol. The summed E-state index contributed by atoms with van der Waals surface area (Å²) in [4.78, 5) is 31.2. The zero-order chi connectivity index (χ0) is 40.5. The van der Waals surface area contributed by atoms with E-state index in [1.54, 1.807) is 36.4 Å². The van der Waals surface area contributed by atoms with Crippen LogP contribution in [-0.4, -0.2) is 16.4 Å². The predicted molar refractivity (Wildman–Crippen MR) is 235 cm³/mol. The first-order valence-corrected chi connectivity index (χ1v) is 19.2. The van der Waals surface area contributed by atoms with E-state index in [0.717, 1.165) is 61.1 Å². The van der Waals surface area contributed by atoms with Crippen molar-refractivity contribution in [2.45, 2.75) is 6.42 Å². The fraction of sp³-hybridized carbons (Fsp3) is 0.0189. The van der Waals surface area contributed by atoms with Crippen molar-refractivity contribution in [3.05, 3.63) is 222 Å². The van der Waals surface area contributed by atoms with Gasteiger partial charge >= 0.3 is 0 Å². The fourth-order valence-electron chi connectivity index (χ4n) is 8.07. The molecule has 0 atom stereocenters. The third-order valence-electron chi connectivity index (χ3n) is 10.8. The lowest BCUT2D eigenvalue weighted by atomic mass is 9.97. The minimum absolute atomic E-state index is 0.302. The minimum atomic E-state index is -0.421. The van der Waals surface area contributed by atoms with Gasteiger partial charge in [-0.3, -0.25) is 9.59 Å². The molecule has 0 saturated carbocycles. The van der Waals surface area contributed by atoms with Crippen molar-refractivity contribution in [1.29, 1.82) is 10.5 Å². The summed E-state index contributed by atoms with van der Waals surface area (Å²) in [6.45, 7) is 3.95. The molecule has 1 aliphatic rings. The predicted octanol–water partition coefficient (Wildman–Crippen LogP) is 12.0. The number of para-hydroxylation sites is 1. The Bertz CT molecular complexity index is 3010. The molecule has 7 aromatic carbocycles. The summed E-state index contributed by atoms with van der Waals surface area (Å²) in [5.74, 6) is -0.824. The number of carbonyl (C=O) groups is 2. The van der Waals surface area contributed by atoms with E-state index in [1.807, 2.05) is 133 Å². The molecule has 0 radical (unpaired) electrons. The van der Waals surface area contributed by atoms with E-state index in [9.17, 15) is 15.3 Å². The largest absolute Gasteiger partial charge is 0.311 e. The van der Waals surface area contributed by atoms with E-state index >= 15 is 4.79 Å². The summed E-state index contributed by atoms with van der Waals surface area (Å²) in [5.41, 5.74) is 11.8. The molecule has 0 bridgehead atoms. The smallest absolute Gasteiger partial charge is 0.268 e. The maximum Gasteiger partial charge on any atom is 0.268 e. The number of rotatable bonds is 9. The van der Waals surface area contributed by atoms with Crippen LogP contribution in [0.2, 0.25) is 0 Å². The Balaban J connectivity index is 1.29. The van der Waals surface area contributed by atoms with Crippen LogP contribution in [0.15, 0.2) is 183 Å². The standard InChI is InChI=1S/C53H34N4O2/c1-2-3-16-45-46-18-10-17-44(40-27-25-37(34-55)26-28-40)51(46)57(49(45)29-35-21-23-36(33-54)24-22-35)48-20-11-19-47-50(48)53(59)56(52(47)58)43-31-41(38-12-6-4-7-13-38)30-42(32-43)39-14-8-5-9-15-39/h2-28,30-32H,1,29H2/b16-3-. The molecule has 1 aliphatic heterocycles. The zero-order valence-corrected chi connectivity index (χ0v) is 31.8. The molecule has 0 spiro atoms. The van der Waals surface area contributed by atoms with Crippen LogP contribution >= 0.6 is 0 Å². The lowest BCUT2D eigenvalue weighted by Gasteiger charge is -2.19. The van der Waals surface area contributed by atoms with Gasteiger partial charge in [0.05, 0.1) is 51.3 Å². The number of amides is 2. The van der Waals surface area contributed by atoms with Gasteiger partial charge in [-0.25, -0.2) is 4.90 Å². The van der Waals surface area contributed by atoms with Gasteiger partial charge in [0.1, 0.15) is 0 Å². The van der Waals surface area contributed by atoms with Crippen LogP contribution in [0.5, 0.6) is 0 Å². The Hall–Kier alpha value is -8.32. The maximum absolute atomic E-state index is 15.2. The third kappa shape index (κ3) is 6.51. The fourth-order valence-corrected chi connectivity index (χ4v) is 8.07. The minimum Gasteiger partial charge on any atom is -0.311 e. The van der Waals surface area contributed by atoms with Crippen molar-refractivity contribution in [3.63, 3.8) is 0 Å². The van der Waals surface area contributed by atoms with Crippen LogP contribution in [0.3, 0.4) is 0 Å². The number of nitriles is 2. The van der Waals surface area contributed by atoms with E-state index < -0.39 is 11.8 Å². The van der Waals surface area contributed by atoms with E-state index in [4.69, 9.17) is 0 Å². The van der Waals surface area contributed by atoms with Crippen molar-refractivity contribution in [2.24, 2.45) is 0 Å². The second-order valence-electron chi connectivity index (χ2n) is 14.3. The molecule has 2 amide bonds. The number of allylic oxidation sites excluding steroid dienone is 2. The molecule has 0 saturated heterocycles. The van der Waals surface area contributed by atoms with Gasteiger partial charge in [-0.05, 0) is 88.0 Å². The highest BCUT2D eigenvalue weighted by Gasteiger charge is 2.40. The molecule has 0 N–H and O–H groups in total. The molecule has 8 aromatic rings. The molecule has 278 valence electrons. The molecular weight excluding hydrogens is 725 g/mol. The number of hydrogen-bond acceptors (Lipinski definition) is 4. The van der Waals surface area contributed by atoms with E-state index in [0.29, 0.717) is 40.0 Å². The SMILES string of the molecule is C=C/C=C\c1c(Cc2ccc(C#N)cc2)n(-c2cccc3c2C(=O)N(c2cc(-c4ccccc4)cc(-c4ccccc4)c2)C3=O)c2c(-c3ccc(C#N)cc3)cccc12. The third-order valence-corrected chi connectivity index (χ3v) is 10.8. The van der Waals surface area contributed by atoms with Gasteiger partial charge in [0.2, 0.25) is 0 Å². The Morgan fingerprint density at radius 3 is 1.78 bits per heavy atom. The van der Waals surface area contributed by atoms with Crippen molar-refractivity contribution in [2.75, 3.05) is 4.90 Å². The van der Waals surface area contributed by atoms with Crippen LogP contribution in [0.25, 0.3) is 56.0 Å². The Labute approximate surface area is 342 Å². The Kier molecular flexibility index (Phi) is 9.43. The second-order valence-corrected chi connectivity index (χ2v) is 14.3. The van der Waals surface area contributed by atoms with Crippen LogP contribution in [0.4, 0.5) is 5.69 Å². The highest BCUT2D eigenvalue weighted by atomic mass is 16.2. The maximum atomic E-state index is 15.2.